The molecule has 0 aromatic carbocycles. The Bertz CT molecular complexity index is 282. The van der Waals surface area contributed by atoms with Crippen LogP contribution in [0.15, 0.2) is 35.6 Å². The Hall–Kier alpha value is -0.770. The van der Waals surface area contributed by atoms with Crippen LogP contribution in [0.4, 0.5) is 8.78 Å². The third kappa shape index (κ3) is 1.88. The molecule has 0 atom stereocenters. The van der Waals surface area contributed by atoms with E-state index in [1.165, 1.54) is 12.1 Å². The van der Waals surface area contributed by atoms with E-state index in [0.29, 0.717) is 10.7 Å². The summed E-state index contributed by atoms with van der Waals surface area (Å²) >= 11 is 3.05. The van der Waals surface area contributed by atoms with Crippen LogP contribution in [-0.2, 0) is 5.92 Å². The zero-order chi connectivity index (χ0) is 9.19. The minimum Gasteiger partial charge on any atom is -0.249 e. The minimum atomic E-state index is -2.99. The summed E-state index contributed by atoms with van der Waals surface area (Å²) in [6.07, 6.45) is 1.71. The summed E-state index contributed by atoms with van der Waals surface area (Å²) in [5.41, 5.74) is -0.152. The Kier molecular flexibility index (Phi) is 2.57. The third-order valence-corrected chi connectivity index (χ3v) is 1.84. The molecule has 4 heteroatoms. The van der Waals surface area contributed by atoms with Crippen molar-refractivity contribution < 1.29 is 8.78 Å². The van der Waals surface area contributed by atoms with E-state index >= 15 is 0 Å². The van der Waals surface area contributed by atoms with Gasteiger partial charge in [-0.2, -0.15) is 8.78 Å². The molecular formula is C8H6BrF2N. The van der Waals surface area contributed by atoms with Gasteiger partial charge in [0.2, 0.25) is 0 Å². The normalized spacial score (nSPS) is 11.2. The molecule has 0 radical (unpaired) electrons. The van der Waals surface area contributed by atoms with Crippen LogP contribution in [0, 0.1) is 0 Å². The Labute approximate surface area is 77.3 Å². The summed E-state index contributed by atoms with van der Waals surface area (Å²) in [6, 6.07) is 2.77. The highest BCUT2D eigenvalue weighted by Gasteiger charge is 2.26. The first-order valence-electron chi connectivity index (χ1n) is 3.20. The van der Waals surface area contributed by atoms with Crippen molar-refractivity contribution >= 4 is 15.9 Å². The number of rotatable bonds is 2. The molecule has 0 saturated carbocycles. The number of allylic oxidation sites excluding steroid dienone is 1. The average molecular weight is 234 g/mol. The van der Waals surface area contributed by atoms with E-state index < -0.39 is 5.92 Å². The molecule has 1 rings (SSSR count). The van der Waals surface area contributed by atoms with E-state index in [2.05, 4.69) is 27.5 Å². The molecule has 0 unspecified atom stereocenters. The second kappa shape index (κ2) is 3.31. The van der Waals surface area contributed by atoms with Crippen molar-refractivity contribution in [2.24, 2.45) is 0 Å². The van der Waals surface area contributed by atoms with Gasteiger partial charge in [0, 0.05) is 11.8 Å². The quantitative estimate of drug-likeness (QED) is 0.565. The molecule has 12 heavy (non-hydrogen) atoms. The molecule has 0 N–H and O–H groups in total. The highest BCUT2D eigenvalue weighted by atomic mass is 79.9. The minimum absolute atomic E-state index is 0.152. The summed E-state index contributed by atoms with van der Waals surface area (Å²) in [5.74, 6) is -2.99. The van der Waals surface area contributed by atoms with Crippen molar-refractivity contribution in [1.82, 2.24) is 4.98 Å². The maximum absolute atomic E-state index is 12.8. The Morgan fingerprint density at radius 2 is 2.17 bits per heavy atom. The molecule has 0 bridgehead atoms. The smallest absolute Gasteiger partial charge is 0.249 e. The fourth-order valence-electron chi connectivity index (χ4n) is 0.691. The van der Waals surface area contributed by atoms with E-state index in [1.54, 1.807) is 0 Å². The van der Waals surface area contributed by atoms with Crippen molar-refractivity contribution in [1.29, 1.82) is 0 Å². The van der Waals surface area contributed by atoms with Crippen LogP contribution in [0.1, 0.15) is 5.56 Å². The molecule has 0 aliphatic rings. The highest BCUT2D eigenvalue weighted by molar-refractivity contribution is 9.10. The SMILES string of the molecule is C=CC(F)(F)c1ccc(Br)nc1. The van der Waals surface area contributed by atoms with Crippen LogP contribution in [0.3, 0.4) is 0 Å². The van der Waals surface area contributed by atoms with Crippen molar-refractivity contribution in [2.45, 2.75) is 5.92 Å². The number of hydrogen-bond donors (Lipinski definition) is 0. The number of pyridine rings is 1. The number of halogens is 3. The second-order valence-electron chi connectivity index (χ2n) is 2.20. The number of nitrogens with zero attached hydrogens (tertiary/aromatic N) is 1. The van der Waals surface area contributed by atoms with Gasteiger partial charge in [-0.1, -0.05) is 6.58 Å². The maximum Gasteiger partial charge on any atom is 0.292 e. The van der Waals surface area contributed by atoms with Crippen molar-refractivity contribution in [3.63, 3.8) is 0 Å². The van der Waals surface area contributed by atoms with Gasteiger partial charge in [0.15, 0.2) is 0 Å². The molecule has 1 heterocycles. The number of hydrogen-bond acceptors (Lipinski definition) is 1. The fourth-order valence-corrected chi connectivity index (χ4v) is 0.925. The summed E-state index contributed by atoms with van der Waals surface area (Å²) in [7, 11) is 0. The van der Waals surface area contributed by atoms with E-state index in [9.17, 15) is 8.78 Å². The molecule has 0 aliphatic carbocycles. The van der Waals surface area contributed by atoms with E-state index in [4.69, 9.17) is 0 Å². The Balaban J connectivity index is 3.04. The highest BCUT2D eigenvalue weighted by Crippen LogP contribution is 2.28. The standard InChI is InChI=1S/C8H6BrF2N/c1-2-8(10,11)6-3-4-7(9)12-5-6/h2-5H,1H2. The predicted molar refractivity (Wildman–Crippen MR) is 46.0 cm³/mol. The fraction of sp³-hybridized carbons (Fsp3) is 0.125. The van der Waals surface area contributed by atoms with Crippen LogP contribution < -0.4 is 0 Å². The molecule has 0 amide bonds. The molecule has 64 valence electrons. The van der Waals surface area contributed by atoms with Crippen molar-refractivity contribution in [3.05, 3.63) is 41.2 Å². The molecule has 1 nitrogen and oxygen atoms in total. The van der Waals surface area contributed by atoms with Gasteiger partial charge in [-0.25, -0.2) is 4.98 Å². The molecule has 0 spiro atoms. The number of alkyl halides is 2. The summed E-state index contributed by atoms with van der Waals surface area (Å²) in [5, 5.41) is 0. The lowest BCUT2D eigenvalue weighted by Gasteiger charge is -2.10. The van der Waals surface area contributed by atoms with Gasteiger partial charge in [0.1, 0.15) is 4.60 Å². The van der Waals surface area contributed by atoms with E-state index in [-0.39, 0.29) is 5.56 Å². The Morgan fingerprint density at radius 1 is 1.50 bits per heavy atom. The lowest BCUT2D eigenvalue weighted by atomic mass is 10.1. The van der Waals surface area contributed by atoms with Crippen LogP contribution >= 0.6 is 15.9 Å². The summed E-state index contributed by atoms with van der Waals surface area (Å²) in [4.78, 5) is 3.68. The van der Waals surface area contributed by atoms with Gasteiger partial charge in [0.25, 0.3) is 5.92 Å². The molecule has 1 aromatic heterocycles. The monoisotopic (exact) mass is 233 g/mol. The molecule has 0 saturated heterocycles. The first-order chi connectivity index (χ1) is 5.56. The predicted octanol–water partition coefficient (Wildman–Crippen LogP) is 3.12. The van der Waals surface area contributed by atoms with Gasteiger partial charge < -0.3 is 0 Å². The van der Waals surface area contributed by atoms with Gasteiger partial charge in [-0.05, 0) is 34.1 Å². The van der Waals surface area contributed by atoms with Crippen molar-refractivity contribution in [3.8, 4) is 0 Å². The zero-order valence-electron chi connectivity index (χ0n) is 6.10. The lowest BCUT2D eigenvalue weighted by molar-refractivity contribution is 0.0521. The summed E-state index contributed by atoms with van der Waals surface area (Å²) in [6.45, 7) is 3.04. The van der Waals surface area contributed by atoms with Crippen molar-refractivity contribution in [2.75, 3.05) is 0 Å². The van der Waals surface area contributed by atoms with Crippen LogP contribution in [0.5, 0.6) is 0 Å². The van der Waals surface area contributed by atoms with E-state index in [1.807, 2.05) is 0 Å². The maximum atomic E-state index is 12.8. The third-order valence-electron chi connectivity index (χ3n) is 1.37. The Morgan fingerprint density at radius 3 is 2.58 bits per heavy atom. The molecule has 0 aliphatic heterocycles. The zero-order valence-corrected chi connectivity index (χ0v) is 7.68. The number of aromatic nitrogens is 1. The first-order valence-corrected chi connectivity index (χ1v) is 3.99. The van der Waals surface area contributed by atoms with Gasteiger partial charge in [-0.15, -0.1) is 0 Å². The molecule has 1 aromatic rings. The van der Waals surface area contributed by atoms with Gasteiger partial charge in [-0.3, -0.25) is 0 Å². The first kappa shape index (κ1) is 9.32. The summed E-state index contributed by atoms with van der Waals surface area (Å²) < 4.78 is 26.2. The topological polar surface area (TPSA) is 12.9 Å². The van der Waals surface area contributed by atoms with Crippen LogP contribution in [-0.4, -0.2) is 4.98 Å². The average Bonchev–Trinajstić information content (AvgIpc) is 2.05. The van der Waals surface area contributed by atoms with Crippen LogP contribution in [0.2, 0.25) is 0 Å². The van der Waals surface area contributed by atoms with Gasteiger partial charge >= 0.3 is 0 Å². The largest absolute Gasteiger partial charge is 0.292 e. The van der Waals surface area contributed by atoms with Gasteiger partial charge in [0.05, 0.1) is 0 Å². The van der Waals surface area contributed by atoms with Crippen LogP contribution in [0.25, 0.3) is 0 Å². The molecule has 0 fully saturated rings. The lowest BCUT2D eigenvalue weighted by Crippen LogP contribution is -2.08. The van der Waals surface area contributed by atoms with E-state index in [0.717, 1.165) is 6.20 Å². The molecular weight excluding hydrogens is 228 g/mol. The second-order valence-corrected chi connectivity index (χ2v) is 3.01.